The lowest BCUT2D eigenvalue weighted by molar-refractivity contribution is -0.117. The molecule has 2 aromatic carbocycles. The molecule has 0 bridgehead atoms. The highest BCUT2D eigenvalue weighted by atomic mass is 35.5. The Labute approximate surface area is 171 Å². The minimum atomic E-state index is -0.0520. The summed E-state index contributed by atoms with van der Waals surface area (Å²) >= 11 is 5.97. The molecule has 0 spiro atoms. The van der Waals surface area contributed by atoms with Crippen LogP contribution in [0.15, 0.2) is 42.5 Å². The Morgan fingerprint density at radius 3 is 2.61 bits per heavy atom. The van der Waals surface area contributed by atoms with Gasteiger partial charge in [-0.2, -0.15) is 0 Å². The maximum Gasteiger partial charge on any atom is 0.253 e. The van der Waals surface area contributed by atoms with Gasteiger partial charge in [-0.25, -0.2) is 0 Å². The smallest absolute Gasteiger partial charge is 0.253 e. The third-order valence-electron chi connectivity index (χ3n) is 4.97. The molecule has 1 saturated heterocycles. The fourth-order valence-electron chi connectivity index (χ4n) is 3.45. The zero-order valence-electron chi connectivity index (χ0n) is 16.4. The van der Waals surface area contributed by atoms with Gasteiger partial charge in [0.1, 0.15) is 0 Å². The van der Waals surface area contributed by atoms with Gasteiger partial charge in [-0.3, -0.25) is 14.5 Å². The lowest BCUT2D eigenvalue weighted by Crippen LogP contribution is -2.38. The fourth-order valence-corrected chi connectivity index (χ4v) is 3.68. The number of aryl methyl sites for hydroxylation is 2. The summed E-state index contributed by atoms with van der Waals surface area (Å²) in [5, 5.41) is 3.61. The van der Waals surface area contributed by atoms with Crippen molar-refractivity contribution < 1.29 is 9.59 Å². The predicted octanol–water partition coefficient (Wildman–Crippen LogP) is 3.74. The van der Waals surface area contributed by atoms with E-state index in [1.807, 2.05) is 55.1 Å². The van der Waals surface area contributed by atoms with E-state index >= 15 is 0 Å². The van der Waals surface area contributed by atoms with Crippen LogP contribution in [0.1, 0.15) is 27.9 Å². The maximum absolute atomic E-state index is 12.8. The van der Waals surface area contributed by atoms with Crippen molar-refractivity contribution in [3.8, 4) is 0 Å². The zero-order valence-corrected chi connectivity index (χ0v) is 17.1. The molecule has 6 heteroatoms. The van der Waals surface area contributed by atoms with E-state index in [0.717, 1.165) is 35.3 Å². The van der Waals surface area contributed by atoms with Crippen molar-refractivity contribution in [2.45, 2.75) is 20.3 Å². The van der Waals surface area contributed by atoms with Gasteiger partial charge >= 0.3 is 0 Å². The van der Waals surface area contributed by atoms with Crippen LogP contribution in [-0.2, 0) is 4.79 Å². The number of amides is 2. The number of nitrogens with zero attached hydrogens (tertiary/aromatic N) is 2. The molecule has 0 aromatic heterocycles. The molecular weight excluding hydrogens is 374 g/mol. The molecule has 1 heterocycles. The Morgan fingerprint density at radius 1 is 1.04 bits per heavy atom. The number of hydrogen-bond donors (Lipinski definition) is 1. The van der Waals surface area contributed by atoms with E-state index in [4.69, 9.17) is 11.6 Å². The van der Waals surface area contributed by atoms with Crippen LogP contribution < -0.4 is 5.32 Å². The number of anilines is 1. The molecule has 0 unspecified atom stereocenters. The molecule has 3 rings (SSSR count). The van der Waals surface area contributed by atoms with Gasteiger partial charge in [-0.05, 0) is 56.2 Å². The topological polar surface area (TPSA) is 52.7 Å². The first-order valence-electron chi connectivity index (χ1n) is 9.56. The minimum absolute atomic E-state index is 0.0520. The second-order valence-electron chi connectivity index (χ2n) is 7.30. The summed E-state index contributed by atoms with van der Waals surface area (Å²) in [5.74, 6) is 0.00988. The van der Waals surface area contributed by atoms with Crippen LogP contribution in [0.4, 0.5) is 5.69 Å². The SMILES string of the molecule is Cc1cccc(C(=O)N2CCCN(CC(=O)Nc3ccc(Cl)cc3C)CC2)c1. The quantitative estimate of drug-likeness (QED) is 0.851. The molecule has 1 aliphatic heterocycles. The fraction of sp³-hybridized carbons (Fsp3) is 0.364. The normalized spacial score (nSPS) is 15.2. The molecule has 1 fully saturated rings. The Hall–Kier alpha value is -2.37. The molecule has 1 aliphatic rings. The van der Waals surface area contributed by atoms with Gasteiger partial charge in [0.25, 0.3) is 5.91 Å². The van der Waals surface area contributed by atoms with E-state index in [-0.39, 0.29) is 11.8 Å². The van der Waals surface area contributed by atoms with Crippen LogP contribution in [0.3, 0.4) is 0 Å². The largest absolute Gasteiger partial charge is 0.337 e. The minimum Gasteiger partial charge on any atom is -0.337 e. The average molecular weight is 400 g/mol. The second kappa shape index (κ2) is 9.22. The number of rotatable bonds is 4. The molecule has 148 valence electrons. The maximum atomic E-state index is 12.8. The van der Waals surface area contributed by atoms with E-state index in [1.165, 1.54) is 0 Å². The molecule has 2 amide bonds. The molecule has 0 aliphatic carbocycles. The molecule has 0 radical (unpaired) electrons. The average Bonchev–Trinajstić information content (AvgIpc) is 2.89. The highest BCUT2D eigenvalue weighted by Gasteiger charge is 2.21. The number of nitrogens with one attached hydrogen (secondary N) is 1. The third kappa shape index (κ3) is 5.33. The summed E-state index contributed by atoms with van der Waals surface area (Å²) in [6.45, 7) is 7.04. The van der Waals surface area contributed by atoms with Crippen molar-refractivity contribution in [1.82, 2.24) is 9.80 Å². The van der Waals surface area contributed by atoms with Crippen molar-refractivity contribution in [1.29, 1.82) is 0 Å². The molecule has 5 nitrogen and oxygen atoms in total. The summed E-state index contributed by atoms with van der Waals surface area (Å²) in [7, 11) is 0. The van der Waals surface area contributed by atoms with Crippen LogP contribution in [0.2, 0.25) is 5.02 Å². The number of halogens is 1. The zero-order chi connectivity index (χ0) is 20.1. The first-order chi connectivity index (χ1) is 13.4. The molecule has 1 N–H and O–H groups in total. The van der Waals surface area contributed by atoms with E-state index in [9.17, 15) is 9.59 Å². The molecule has 2 aromatic rings. The third-order valence-corrected chi connectivity index (χ3v) is 5.21. The van der Waals surface area contributed by atoms with Gasteiger partial charge in [0.05, 0.1) is 6.54 Å². The highest BCUT2D eigenvalue weighted by Crippen LogP contribution is 2.19. The lowest BCUT2D eigenvalue weighted by Gasteiger charge is -2.22. The Bertz CT molecular complexity index is 869. The number of carbonyl (C=O) groups excluding carboxylic acids is 2. The predicted molar refractivity (Wildman–Crippen MR) is 113 cm³/mol. The van der Waals surface area contributed by atoms with Crippen LogP contribution in [0.25, 0.3) is 0 Å². The Balaban J connectivity index is 1.54. The van der Waals surface area contributed by atoms with Crippen molar-refractivity contribution in [3.05, 3.63) is 64.2 Å². The second-order valence-corrected chi connectivity index (χ2v) is 7.74. The van der Waals surface area contributed by atoms with Crippen LogP contribution in [0, 0.1) is 13.8 Å². The van der Waals surface area contributed by atoms with Gasteiger partial charge in [-0.15, -0.1) is 0 Å². The summed E-state index contributed by atoms with van der Waals surface area (Å²) in [5.41, 5.74) is 3.52. The van der Waals surface area contributed by atoms with Gasteiger partial charge in [0.15, 0.2) is 0 Å². The Kier molecular flexibility index (Phi) is 6.70. The molecule has 28 heavy (non-hydrogen) atoms. The van der Waals surface area contributed by atoms with Crippen LogP contribution in [0.5, 0.6) is 0 Å². The van der Waals surface area contributed by atoms with Gasteiger partial charge in [-0.1, -0.05) is 29.3 Å². The highest BCUT2D eigenvalue weighted by molar-refractivity contribution is 6.30. The Morgan fingerprint density at radius 2 is 1.86 bits per heavy atom. The summed E-state index contributed by atoms with van der Waals surface area (Å²) in [6.07, 6.45) is 0.852. The number of carbonyl (C=O) groups is 2. The van der Waals surface area contributed by atoms with Crippen molar-refractivity contribution in [2.24, 2.45) is 0 Å². The van der Waals surface area contributed by atoms with E-state index in [1.54, 1.807) is 6.07 Å². The number of hydrogen-bond acceptors (Lipinski definition) is 3. The van der Waals surface area contributed by atoms with E-state index in [0.29, 0.717) is 31.2 Å². The monoisotopic (exact) mass is 399 g/mol. The van der Waals surface area contributed by atoms with Crippen molar-refractivity contribution >= 4 is 29.1 Å². The number of benzene rings is 2. The summed E-state index contributed by atoms with van der Waals surface area (Å²) in [6, 6.07) is 13.1. The van der Waals surface area contributed by atoms with Crippen LogP contribution >= 0.6 is 11.6 Å². The first kappa shape index (κ1) is 20.4. The lowest BCUT2D eigenvalue weighted by atomic mass is 10.1. The standard InChI is InChI=1S/C22H26ClN3O2/c1-16-5-3-6-18(13-16)22(28)26-10-4-9-25(11-12-26)15-21(27)24-20-8-7-19(23)14-17(20)2/h3,5-8,13-14H,4,9-12,15H2,1-2H3,(H,24,27). The molecular formula is C22H26ClN3O2. The molecule has 0 saturated carbocycles. The van der Waals surface area contributed by atoms with Crippen molar-refractivity contribution in [3.63, 3.8) is 0 Å². The first-order valence-corrected chi connectivity index (χ1v) is 9.94. The van der Waals surface area contributed by atoms with Crippen LogP contribution in [-0.4, -0.2) is 54.3 Å². The summed E-state index contributed by atoms with van der Waals surface area (Å²) in [4.78, 5) is 29.2. The van der Waals surface area contributed by atoms with Crippen molar-refractivity contribution in [2.75, 3.05) is 38.0 Å². The summed E-state index contributed by atoms with van der Waals surface area (Å²) < 4.78 is 0. The van der Waals surface area contributed by atoms with Gasteiger partial charge in [0.2, 0.25) is 5.91 Å². The van der Waals surface area contributed by atoms with Gasteiger partial charge in [0, 0.05) is 42.5 Å². The van der Waals surface area contributed by atoms with Gasteiger partial charge < -0.3 is 10.2 Å². The molecule has 0 atom stereocenters. The van der Waals surface area contributed by atoms with E-state index in [2.05, 4.69) is 10.2 Å². The van der Waals surface area contributed by atoms with E-state index < -0.39 is 0 Å².